The number of amides is 1. The summed E-state index contributed by atoms with van der Waals surface area (Å²) in [5.41, 5.74) is 1.61. The summed E-state index contributed by atoms with van der Waals surface area (Å²) in [7, 11) is 1.70. The van der Waals surface area contributed by atoms with Gasteiger partial charge in [-0.3, -0.25) is 4.79 Å². The number of carbonyl (C=O) groups is 1. The van der Waals surface area contributed by atoms with Gasteiger partial charge in [0.15, 0.2) is 12.3 Å². The number of nitrogens with one attached hydrogen (secondary N) is 1. The van der Waals surface area contributed by atoms with Crippen LogP contribution in [-0.2, 0) is 11.3 Å². The Hall–Kier alpha value is -2.22. The third kappa shape index (κ3) is 2.31. The van der Waals surface area contributed by atoms with Gasteiger partial charge in [0.1, 0.15) is 5.75 Å². The Balaban J connectivity index is 2.23. The minimum Gasteiger partial charge on any atom is -0.479 e. The molecule has 17 heavy (non-hydrogen) atoms. The fourth-order valence-electron chi connectivity index (χ4n) is 1.66. The lowest BCUT2D eigenvalue weighted by Crippen LogP contribution is -2.34. The van der Waals surface area contributed by atoms with Crippen LogP contribution in [-0.4, -0.2) is 24.0 Å². The van der Waals surface area contributed by atoms with Crippen LogP contribution in [0.5, 0.6) is 5.75 Å². The van der Waals surface area contributed by atoms with Crippen molar-refractivity contribution in [1.82, 2.24) is 4.90 Å². The molecule has 1 aliphatic heterocycles. The van der Waals surface area contributed by atoms with Crippen molar-refractivity contribution in [2.45, 2.75) is 19.6 Å². The fourth-order valence-corrected chi connectivity index (χ4v) is 1.66. The van der Waals surface area contributed by atoms with E-state index in [0.29, 0.717) is 18.0 Å². The molecule has 1 aromatic carbocycles. The standard InChI is InChI=1S/C12H13N3O2/c1-8-12(16)14-10-5-9(6-15(2)7-13)3-4-11(10)17-8/h3-5,8H,6H2,1-2H3,(H,14,16). The summed E-state index contributed by atoms with van der Waals surface area (Å²) in [4.78, 5) is 13.0. The molecule has 0 aliphatic carbocycles. The first kappa shape index (κ1) is 11.3. The van der Waals surface area contributed by atoms with E-state index < -0.39 is 6.10 Å². The summed E-state index contributed by atoms with van der Waals surface area (Å²) < 4.78 is 5.44. The number of rotatable bonds is 2. The van der Waals surface area contributed by atoms with E-state index in [2.05, 4.69) is 5.32 Å². The highest BCUT2D eigenvalue weighted by Gasteiger charge is 2.23. The van der Waals surface area contributed by atoms with Crippen LogP contribution in [0.4, 0.5) is 5.69 Å². The number of nitrogens with zero attached hydrogens (tertiary/aromatic N) is 2. The van der Waals surface area contributed by atoms with Crippen molar-refractivity contribution in [3.8, 4) is 11.9 Å². The van der Waals surface area contributed by atoms with E-state index in [4.69, 9.17) is 10.00 Å². The van der Waals surface area contributed by atoms with Crippen LogP contribution in [0.25, 0.3) is 0 Å². The first-order valence-corrected chi connectivity index (χ1v) is 5.31. The number of ether oxygens (including phenoxy) is 1. The molecule has 0 aromatic heterocycles. The third-order valence-corrected chi connectivity index (χ3v) is 2.57. The molecule has 88 valence electrons. The van der Waals surface area contributed by atoms with Crippen LogP contribution in [0.15, 0.2) is 18.2 Å². The first-order valence-electron chi connectivity index (χ1n) is 5.31. The highest BCUT2D eigenvalue weighted by molar-refractivity contribution is 5.97. The van der Waals surface area contributed by atoms with E-state index in [1.54, 1.807) is 14.0 Å². The normalized spacial score (nSPS) is 17.5. The highest BCUT2D eigenvalue weighted by Crippen LogP contribution is 2.30. The zero-order chi connectivity index (χ0) is 12.4. The number of carbonyl (C=O) groups excluding carboxylic acids is 1. The Kier molecular flexibility index (Phi) is 2.88. The molecule has 1 aliphatic rings. The predicted molar refractivity (Wildman–Crippen MR) is 62.2 cm³/mol. The van der Waals surface area contributed by atoms with Crippen molar-refractivity contribution in [2.24, 2.45) is 0 Å². The van der Waals surface area contributed by atoms with Gasteiger partial charge in [0.25, 0.3) is 5.91 Å². The highest BCUT2D eigenvalue weighted by atomic mass is 16.5. The van der Waals surface area contributed by atoms with Crippen molar-refractivity contribution in [2.75, 3.05) is 12.4 Å². The summed E-state index contributed by atoms with van der Waals surface area (Å²) in [6.45, 7) is 2.21. The molecule has 1 N–H and O–H groups in total. The Labute approximate surface area is 99.6 Å². The molecule has 1 unspecified atom stereocenters. The molecule has 0 radical (unpaired) electrons. The van der Waals surface area contributed by atoms with E-state index >= 15 is 0 Å². The van der Waals surface area contributed by atoms with Gasteiger partial charge in [-0.1, -0.05) is 6.07 Å². The molecule has 0 fully saturated rings. The topological polar surface area (TPSA) is 65.4 Å². The Morgan fingerprint density at radius 2 is 2.35 bits per heavy atom. The lowest BCUT2D eigenvalue weighted by molar-refractivity contribution is -0.122. The van der Waals surface area contributed by atoms with Gasteiger partial charge in [-0.05, 0) is 24.6 Å². The van der Waals surface area contributed by atoms with Gasteiger partial charge in [0, 0.05) is 7.05 Å². The molecular weight excluding hydrogens is 218 g/mol. The van der Waals surface area contributed by atoms with Crippen LogP contribution in [0, 0.1) is 11.5 Å². The molecule has 1 atom stereocenters. The van der Waals surface area contributed by atoms with Crippen molar-refractivity contribution < 1.29 is 9.53 Å². The van der Waals surface area contributed by atoms with Gasteiger partial charge < -0.3 is 15.0 Å². The van der Waals surface area contributed by atoms with Crippen LogP contribution in [0.2, 0.25) is 0 Å². The number of hydrogen-bond donors (Lipinski definition) is 1. The van der Waals surface area contributed by atoms with Crippen LogP contribution >= 0.6 is 0 Å². The number of benzene rings is 1. The molecule has 0 spiro atoms. The summed E-state index contributed by atoms with van der Waals surface area (Å²) in [6, 6.07) is 5.52. The number of anilines is 1. The second-order valence-electron chi connectivity index (χ2n) is 4.04. The molecule has 5 nitrogen and oxygen atoms in total. The summed E-state index contributed by atoms with van der Waals surface area (Å²) in [5.74, 6) is 0.517. The number of nitriles is 1. The summed E-state index contributed by atoms with van der Waals surface area (Å²) >= 11 is 0. The largest absolute Gasteiger partial charge is 0.479 e. The van der Waals surface area contributed by atoms with Crippen LogP contribution in [0.1, 0.15) is 12.5 Å². The van der Waals surface area contributed by atoms with Crippen LogP contribution < -0.4 is 10.1 Å². The van der Waals surface area contributed by atoms with E-state index in [-0.39, 0.29) is 5.91 Å². The van der Waals surface area contributed by atoms with Crippen molar-refractivity contribution >= 4 is 11.6 Å². The summed E-state index contributed by atoms with van der Waals surface area (Å²) in [6.07, 6.45) is 1.56. The van der Waals surface area contributed by atoms with Gasteiger partial charge in [-0.15, -0.1) is 0 Å². The average Bonchev–Trinajstić information content (AvgIpc) is 2.31. The van der Waals surface area contributed by atoms with Crippen molar-refractivity contribution in [3.63, 3.8) is 0 Å². The lowest BCUT2D eigenvalue weighted by atomic mass is 10.1. The molecule has 1 aromatic rings. The SMILES string of the molecule is CC1Oc2ccc(CN(C)C#N)cc2NC1=O. The van der Waals surface area contributed by atoms with Gasteiger partial charge in [0.05, 0.1) is 12.2 Å². The van der Waals surface area contributed by atoms with Gasteiger partial charge in [0.2, 0.25) is 0 Å². The molecule has 0 bridgehead atoms. The lowest BCUT2D eigenvalue weighted by Gasteiger charge is -2.24. The number of fused-ring (bicyclic) bond motifs is 1. The van der Waals surface area contributed by atoms with Gasteiger partial charge in [-0.25, -0.2) is 0 Å². The molecular formula is C12H13N3O2. The predicted octanol–water partition coefficient (Wildman–Crippen LogP) is 1.32. The zero-order valence-electron chi connectivity index (χ0n) is 9.73. The maximum absolute atomic E-state index is 11.4. The molecule has 2 rings (SSSR count). The molecule has 0 saturated heterocycles. The summed E-state index contributed by atoms with van der Waals surface area (Å²) in [5, 5.41) is 11.5. The first-order chi connectivity index (χ1) is 8.10. The average molecular weight is 231 g/mol. The van der Waals surface area contributed by atoms with E-state index in [1.807, 2.05) is 24.4 Å². The van der Waals surface area contributed by atoms with Gasteiger partial charge >= 0.3 is 0 Å². The minimum absolute atomic E-state index is 0.150. The fraction of sp³-hybridized carbons (Fsp3) is 0.333. The number of hydrogen-bond acceptors (Lipinski definition) is 4. The Bertz CT molecular complexity index is 493. The van der Waals surface area contributed by atoms with Crippen LogP contribution in [0.3, 0.4) is 0 Å². The molecule has 0 saturated carbocycles. The second kappa shape index (κ2) is 4.34. The maximum Gasteiger partial charge on any atom is 0.265 e. The molecule has 1 heterocycles. The minimum atomic E-state index is -0.463. The molecule has 1 amide bonds. The monoisotopic (exact) mass is 231 g/mol. The van der Waals surface area contributed by atoms with E-state index in [1.165, 1.54) is 4.90 Å². The smallest absolute Gasteiger partial charge is 0.265 e. The third-order valence-electron chi connectivity index (χ3n) is 2.57. The Morgan fingerprint density at radius 3 is 3.06 bits per heavy atom. The van der Waals surface area contributed by atoms with Gasteiger partial charge in [-0.2, -0.15) is 5.26 Å². The second-order valence-corrected chi connectivity index (χ2v) is 4.04. The zero-order valence-corrected chi connectivity index (χ0v) is 9.73. The molecule has 5 heteroatoms. The van der Waals surface area contributed by atoms with Crippen molar-refractivity contribution in [3.05, 3.63) is 23.8 Å². The quantitative estimate of drug-likeness (QED) is 0.615. The van der Waals surface area contributed by atoms with E-state index in [0.717, 1.165) is 5.56 Å². The van der Waals surface area contributed by atoms with Crippen molar-refractivity contribution in [1.29, 1.82) is 5.26 Å². The maximum atomic E-state index is 11.4. The van der Waals surface area contributed by atoms with E-state index in [9.17, 15) is 4.79 Å². The Morgan fingerprint density at radius 1 is 1.59 bits per heavy atom.